The molecule has 0 radical (unpaired) electrons. The van der Waals surface area contributed by atoms with Gasteiger partial charge in [-0.05, 0) is 15.9 Å². The lowest BCUT2D eigenvalue weighted by atomic mass is 10.6. The molecule has 1 rings (SSSR count). The Morgan fingerprint density at radius 2 is 1.88 bits per heavy atom. The van der Waals surface area contributed by atoms with Crippen LogP contribution in [0.3, 0.4) is 0 Å². The molecule has 4 heteroatoms. The summed E-state index contributed by atoms with van der Waals surface area (Å²) < 4.78 is 0.562. The van der Waals surface area contributed by atoms with Crippen LogP contribution in [0.4, 0.5) is 5.69 Å². The normalized spacial score (nSPS) is 9.12. The largest absolute Gasteiger partial charge is 0.396 e. The summed E-state index contributed by atoms with van der Waals surface area (Å²) in [6, 6.07) is 0. The van der Waals surface area contributed by atoms with E-state index in [0.717, 1.165) is 0 Å². The van der Waals surface area contributed by atoms with Crippen LogP contribution in [-0.4, -0.2) is 9.97 Å². The molecule has 0 saturated heterocycles. The van der Waals surface area contributed by atoms with Crippen LogP contribution in [-0.2, 0) is 0 Å². The van der Waals surface area contributed by atoms with Crippen LogP contribution >= 0.6 is 15.9 Å². The summed E-state index contributed by atoms with van der Waals surface area (Å²) in [5, 5.41) is 0. The maximum absolute atomic E-state index is 5.28. The Bertz CT molecular complexity index is 150. The third-order valence-corrected chi connectivity index (χ3v) is 1.05. The molecule has 0 saturated carbocycles. The fourth-order valence-electron chi connectivity index (χ4n) is 0.322. The smallest absolute Gasteiger partial charge is 0.196 e. The molecule has 8 heavy (non-hydrogen) atoms. The van der Waals surface area contributed by atoms with Gasteiger partial charge in [0.05, 0.1) is 18.1 Å². The van der Waals surface area contributed by atoms with E-state index < -0.39 is 0 Å². The fourth-order valence-corrected chi connectivity index (χ4v) is 0.527. The Morgan fingerprint density at radius 1 is 1.38 bits per heavy atom. The van der Waals surface area contributed by atoms with E-state index in [1.165, 1.54) is 12.4 Å². The SMILES string of the molecule is Nc1cnc(Br)nc1. The number of halogens is 1. The Hall–Kier alpha value is -0.640. The number of rotatable bonds is 0. The van der Waals surface area contributed by atoms with Crippen LogP contribution in [0.15, 0.2) is 17.1 Å². The van der Waals surface area contributed by atoms with Gasteiger partial charge in [-0.1, -0.05) is 0 Å². The van der Waals surface area contributed by atoms with Gasteiger partial charge in [0.25, 0.3) is 0 Å². The molecule has 0 aliphatic carbocycles. The van der Waals surface area contributed by atoms with Gasteiger partial charge in [0.2, 0.25) is 0 Å². The minimum atomic E-state index is 0.562. The summed E-state index contributed by atoms with van der Waals surface area (Å²) in [6.45, 7) is 0. The van der Waals surface area contributed by atoms with Crippen LogP contribution < -0.4 is 5.73 Å². The highest BCUT2D eigenvalue weighted by atomic mass is 79.9. The molecule has 0 aliphatic rings. The fraction of sp³-hybridized carbons (Fsp3) is 0. The Labute approximate surface area is 55.1 Å². The lowest BCUT2D eigenvalue weighted by molar-refractivity contribution is 1.12. The van der Waals surface area contributed by atoms with Gasteiger partial charge < -0.3 is 5.73 Å². The summed E-state index contributed by atoms with van der Waals surface area (Å²) in [6.07, 6.45) is 3.08. The second-order valence-electron chi connectivity index (χ2n) is 1.29. The van der Waals surface area contributed by atoms with E-state index in [0.29, 0.717) is 10.4 Å². The minimum Gasteiger partial charge on any atom is -0.396 e. The molecule has 3 nitrogen and oxygen atoms in total. The highest BCUT2D eigenvalue weighted by Crippen LogP contribution is 2.01. The van der Waals surface area contributed by atoms with Crippen LogP contribution in [0.25, 0.3) is 0 Å². The third kappa shape index (κ3) is 1.16. The monoisotopic (exact) mass is 173 g/mol. The first kappa shape index (κ1) is 5.50. The van der Waals surface area contributed by atoms with Crippen molar-refractivity contribution in [2.24, 2.45) is 0 Å². The molecule has 0 fully saturated rings. The maximum atomic E-state index is 5.28. The van der Waals surface area contributed by atoms with Crippen molar-refractivity contribution in [3.8, 4) is 0 Å². The van der Waals surface area contributed by atoms with Crippen molar-refractivity contribution in [1.82, 2.24) is 9.97 Å². The van der Waals surface area contributed by atoms with Gasteiger partial charge in [-0.2, -0.15) is 0 Å². The molecule has 0 amide bonds. The minimum absolute atomic E-state index is 0.562. The van der Waals surface area contributed by atoms with Gasteiger partial charge in [0.1, 0.15) is 0 Å². The first-order chi connectivity index (χ1) is 3.79. The van der Waals surface area contributed by atoms with Gasteiger partial charge in [-0.15, -0.1) is 0 Å². The quantitative estimate of drug-likeness (QED) is 0.592. The molecule has 1 aromatic heterocycles. The lowest BCUT2D eigenvalue weighted by Gasteiger charge is -1.87. The summed E-state index contributed by atoms with van der Waals surface area (Å²) in [7, 11) is 0. The maximum Gasteiger partial charge on any atom is 0.196 e. The number of hydrogen-bond donors (Lipinski definition) is 1. The van der Waals surface area contributed by atoms with Crippen molar-refractivity contribution in [1.29, 1.82) is 0 Å². The average Bonchev–Trinajstić information content (AvgIpc) is 1.77. The Balaban J connectivity index is 3.03. The Morgan fingerprint density at radius 3 is 2.25 bits per heavy atom. The van der Waals surface area contributed by atoms with E-state index in [-0.39, 0.29) is 0 Å². The van der Waals surface area contributed by atoms with Crippen molar-refractivity contribution < 1.29 is 0 Å². The summed E-state index contributed by atoms with van der Waals surface area (Å²) >= 11 is 3.07. The van der Waals surface area contributed by atoms with Gasteiger partial charge >= 0.3 is 0 Å². The van der Waals surface area contributed by atoms with Crippen LogP contribution in [0.2, 0.25) is 0 Å². The zero-order valence-electron chi connectivity index (χ0n) is 4.00. The molecule has 0 spiro atoms. The van der Waals surface area contributed by atoms with Crippen molar-refractivity contribution in [3.63, 3.8) is 0 Å². The lowest BCUT2D eigenvalue weighted by Crippen LogP contribution is -1.87. The molecule has 0 atom stereocenters. The molecule has 0 bridgehead atoms. The van der Waals surface area contributed by atoms with E-state index >= 15 is 0 Å². The topological polar surface area (TPSA) is 51.8 Å². The van der Waals surface area contributed by atoms with E-state index in [1.807, 2.05) is 0 Å². The molecule has 1 heterocycles. The predicted octanol–water partition coefficient (Wildman–Crippen LogP) is 0.821. The summed E-state index contributed by atoms with van der Waals surface area (Å²) in [5.74, 6) is 0. The molecular weight excluding hydrogens is 170 g/mol. The van der Waals surface area contributed by atoms with E-state index in [1.54, 1.807) is 0 Å². The highest BCUT2D eigenvalue weighted by molar-refractivity contribution is 9.10. The van der Waals surface area contributed by atoms with Crippen molar-refractivity contribution in [3.05, 3.63) is 17.1 Å². The molecule has 42 valence electrons. The molecule has 1 aromatic rings. The molecule has 0 aromatic carbocycles. The summed E-state index contributed by atoms with van der Waals surface area (Å²) in [5.41, 5.74) is 5.86. The number of nitrogen functional groups attached to an aromatic ring is 1. The van der Waals surface area contributed by atoms with E-state index in [2.05, 4.69) is 25.9 Å². The van der Waals surface area contributed by atoms with E-state index in [4.69, 9.17) is 5.73 Å². The van der Waals surface area contributed by atoms with Crippen molar-refractivity contribution >= 4 is 21.6 Å². The number of anilines is 1. The average molecular weight is 174 g/mol. The molecule has 0 aliphatic heterocycles. The first-order valence-electron chi connectivity index (χ1n) is 2.02. The van der Waals surface area contributed by atoms with Gasteiger partial charge in [-0.3, -0.25) is 0 Å². The first-order valence-corrected chi connectivity index (χ1v) is 2.81. The number of hydrogen-bond acceptors (Lipinski definition) is 3. The molecule has 0 unspecified atom stereocenters. The van der Waals surface area contributed by atoms with Crippen molar-refractivity contribution in [2.75, 3.05) is 5.73 Å². The van der Waals surface area contributed by atoms with Crippen molar-refractivity contribution in [2.45, 2.75) is 0 Å². The van der Waals surface area contributed by atoms with Gasteiger partial charge in [-0.25, -0.2) is 9.97 Å². The predicted molar refractivity (Wildman–Crippen MR) is 34.1 cm³/mol. The van der Waals surface area contributed by atoms with Crippen LogP contribution in [0.1, 0.15) is 0 Å². The zero-order valence-corrected chi connectivity index (χ0v) is 5.59. The number of nitrogens with zero attached hydrogens (tertiary/aromatic N) is 2. The Kier molecular flexibility index (Phi) is 1.43. The molecule has 2 N–H and O–H groups in total. The van der Waals surface area contributed by atoms with Crippen LogP contribution in [0.5, 0.6) is 0 Å². The van der Waals surface area contributed by atoms with Crippen LogP contribution in [0, 0.1) is 0 Å². The number of aromatic nitrogens is 2. The second kappa shape index (κ2) is 2.09. The standard InChI is InChI=1S/C4H4BrN3/c5-4-7-1-3(6)2-8-4/h1-2H,6H2. The highest BCUT2D eigenvalue weighted by Gasteiger charge is 1.84. The van der Waals surface area contributed by atoms with E-state index in [9.17, 15) is 0 Å². The van der Waals surface area contributed by atoms with Gasteiger partial charge in [0.15, 0.2) is 4.73 Å². The zero-order chi connectivity index (χ0) is 5.98. The van der Waals surface area contributed by atoms with Gasteiger partial charge in [0, 0.05) is 0 Å². The second-order valence-corrected chi connectivity index (χ2v) is 1.99. The number of nitrogens with two attached hydrogens (primary N) is 1. The summed E-state index contributed by atoms with van der Waals surface area (Å²) in [4.78, 5) is 7.52. The molecular formula is C4H4BrN3. The third-order valence-electron chi connectivity index (χ3n) is 0.640.